The number of aromatic nitrogens is 2. The summed E-state index contributed by atoms with van der Waals surface area (Å²) >= 11 is 0. The fraction of sp³-hybridized carbons (Fsp3) is 0.0588. The van der Waals surface area contributed by atoms with Gasteiger partial charge in [-0.3, -0.25) is 0 Å². The lowest BCUT2D eigenvalue weighted by Crippen LogP contribution is -2.03. The second kappa shape index (κ2) is 6.13. The number of benzene rings is 2. The predicted octanol–water partition coefficient (Wildman–Crippen LogP) is 3.19. The van der Waals surface area contributed by atoms with Gasteiger partial charge >= 0.3 is 5.97 Å². The molecule has 0 unspecified atom stereocenters. The quantitative estimate of drug-likeness (QED) is 0.456. The number of fused-ring (bicyclic) bond motifs is 1. The van der Waals surface area contributed by atoms with E-state index in [0.29, 0.717) is 5.75 Å². The molecular formula is C17H14N2O3. The summed E-state index contributed by atoms with van der Waals surface area (Å²) in [7, 11) is 1.60. The summed E-state index contributed by atoms with van der Waals surface area (Å²) in [6.45, 7) is 0. The van der Waals surface area contributed by atoms with E-state index in [9.17, 15) is 4.79 Å². The lowest BCUT2D eigenvalue weighted by atomic mass is 10.2. The molecule has 0 saturated carbocycles. The molecule has 110 valence electrons. The first-order chi connectivity index (χ1) is 10.7. The summed E-state index contributed by atoms with van der Waals surface area (Å²) in [5.41, 5.74) is 2.51. The average Bonchev–Trinajstić information content (AvgIpc) is 3.01. The molecule has 0 aliphatic rings. The zero-order valence-electron chi connectivity index (χ0n) is 11.9. The molecule has 3 aromatic rings. The maximum Gasteiger partial charge on any atom is 0.336 e. The van der Waals surface area contributed by atoms with Crippen molar-refractivity contribution in [3.8, 4) is 11.5 Å². The van der Waals surface area contributed by atoms with Gasteiger partial charge < -0.3 is 14.5 Å². The number of nitrogens with zero attached hydrogens (tertiary/aromatic N) is 1. The largest absolute Gasteiger partial charge is 0.497 e. The van der Waals surface area contributed by atoms with E-state index < -0.39 is 5.97 Å². The summed E-state index contributed by atoms with van der Waals surface area (Å²) in [5, 5.41) is 0. The number of H-pyrrole nitrogens is 1. The lowest BCUT2D eigenvalue weighted by Gasteiger charge is -2.02. The number of imidazole rings is 1. The number of rotatable bonds is 4. The molecule has 5 heteroatoms. The molecular weight excluding hydrogens is 280 g/mol. The maximum absolute atomic E-state index is 11.8. The van der Waals surface area contributed by atoms with Crippen LogP contribution in [0.3, 0.4) is 0 Å². The summed E-state index contributed by atoms with van der Waals surface area (Å²) in [6, 6.07) is 12.6. The fourth-order valence-corrected chi connectivity index (χ4v) is 2.04. The Morgan fingerprint density at radius 2 is 2.09 bits per heavy atom. The fourth-order valence-electron chi connectivity index (χ4n) is 2.04. The molecule has 1 heterocycles. The average molecular weight is 294 g/mol. The highest BCUT2D eigenvalue weighted by Gasteiger charge is 2.03. The molecule has 1 aromatic heterocycles. The van der Waals surface area contributed by atoms with Crippen molar-refractivity contribution in [3.63, 3.8) is 0 Å². The number of hydrogen-bond acceptors (Lipinski definition) is 4. The number of methoxy groups -OCH3 is 1. The number of hydrogen-bond donors (Lipinski definition) is 1. The summed E-state index contributed by atoms with van der Waals surface area (Å²) in [4.78, 5) is 18.9. The summed E-state index contributed by atoms with van der Waals surface area (Å²) in [6.07, 6.45) is 4.66. The Hall–Kier alpha value is -3.08. The molecule has 0 fully saturated rings. The molecule has 0 amide bonds. The van der Waals surface area contributed by atoms with Crippen molar-refractivity contribution in [1.29, 1.82) is 0 Å². The van der Waals surface area contributed by atoms with Crippen molar-refractivity contribution in [2.45, 2.75) is 0 Å². The second-order valence-electron chi connectivity index (χ2n) is 4.61. The van der Waals surface area contributed by atoms with Crippen LogP contribution < -0.4 is 9.47 Å². The van der Waals surface area contributed by atoms with E-state index in [2.05, 4.69) is 9.97 Å². The molecule has 22 heavy (non-hydrogen) atoms. The van der Waals surface area contributed by atoms with Crippen molar-refractivity contribution >= 4 is 23.1 Å². The molecule has 0 aliphatic heterocycles. The van der Waals surface area contributed by atoms with Crippen LogP contribution in [0.25, 0.3) is 17.1 Å². The third-order valence-corrected chi connectivity index (χ3v) is 3.12. The highest BCUT2D eigenvalue weighted by atomic mass is 16.5. The Balaban J connectivity index is 1.69. The van der Waals surface area contributed by atoms with Crippen LogP contribution in [0.5, 0.6) is 11.5 Å². The third kappa shape index (κ3) is 3.15. The Kier molecular flexibility index (Phi) is 3.87. The van der Waals surface area contributed by atoms with Gasteiger partial charge in [-0.2, -0.15) is 0 Å². The summed E-state index contributed by atoms with van der Waals surface area (Å²) in [5.74, 6) is 0.763. The molecule has 5 nitrogen and oxygen atoms in total. The molecule has 0 atom stereocenters. The first kappa shape index (κ1) is 13.9. The van der Waals surface area contributed by atoms with Crippen molar-refractivity contribution in [1.82, 2.24) is 9.97 Å². The number of esters is 1. The Morgan fingerprint density at radius 3 is 2.95 bits per heavy atom. The number of nitrogens with one attached hydrogen (secondary N) is 1. The van der Waals surface area contributed by atoms with Crippen LogP contribution in [0.1, 0.15) is 5.56 Å². The van der Waals surface area contributed by atoms with E-state index in [0.717, 1.165) is 22.3 Å². The van der Waals surface area contributed by atoms with Gasteiger partial charge in [0.2, 0.25) is 0 Å². The zero-order valence-corrected chi connectivity index (χ0v) is 11.9. The van der Waals surface area contributed by atoms with Gasteiger partial charge in [-0.15, -0.1) is 0 Å². The third-order valence-electron chi connectivity index (χ3n) is 3.12. The Morgan fingerprint density at radius 1 is 1.18 bits per heavy atom. The van der Waals surface area contributed by atoms with Crippen molar-refractivity contribution in [3.05, 3.63) is 60.4 Å². The molecule has 2 aromatic carbocycles. The first-order valence-corrected chi connectivity index (χ1v) is 6.72. The number of carbonyl (C=O) groups excluding carboxylic acids is 1. The molecule has 0 saturated heterocycles. The van der Waals surface area contributed by atoms with Crippen molar-refractivity contribution in [2.75, 3.05) is 7.11 Å². The van der Waals surface area contributed by atoms with Crippen LogP contribution >= 0.6 is 0 Å². The van der Waals surface area contributed by atoms with Crippen LogP contribution in [0, 0.1) is 0 Å². The molecule has 0 bridgehead atoms. The van der Waals surface area contributed by atoms with Crippen LogP contribution in [-0.4, -0.2) is 23.0 Å². The molecule has 0 spiro atoms. The van der Waals surface area contributed by atoms with E-state index in [-0.39, 0.29) is 0 Å². The highest BCUT2D eigenvalue weighted by molar-refractivity contribution is 5.89. The minimum Gasteiger partial charge on any atom is -0.497 e. The normalized spacial score (nSPS) is 11.0. The minimum atomic E-state index is -0.443. The first-order valence-electron chi connectivity index (χ1n) is 6.72. The predicted molar refractivity (Wildman–Crippen MR) is 83.8 cm³/mol. The highest BCUT2D eigenvalue weighted by Crippen LogP contribution is 2.18. The van der Waals surface area contributed by atoms with E-state index in [1.165, 1.54) is 6.08 Å². The van der Waals surface area contributed by atoms with E-state index >= 15 is 0 Å². The lowest BCUT2D eigenvalue weighted by molar-refractivity contribution is -0.128. The van der Waals surface area contributed by atoms with E-state index in [1.807, 2.05) is 24.3 Å². The van der Waals surface area contributed by atoms with Gasteiger partial charge in [0, 0.05) is 12.1 Å². The van der Waals surface area contributed by atoms with E-state index in [4.69, 9.17) is 9.47 Å². The van der Waals surface area contributed by atoms with Crippen LogP contribution in [0.15, 0.2) is 54.9 Å². The number of ether oxygens (including phenoxy) is 2. The smallest absolute Gasteiger partial charge is 0.336 e. The zero-order chi connectivity index (χ0) is 15.4. The van der Waals surface area contributed by atoms with Gasteiger partial charge in [-0.1, -0.05) is 12.1 Å². The Bertz CT molecular complexity index is 837. The van der Waals surface area contributed by atoms with Crippen molar-refractivity contribution in [2.24, 2.45) is 0 Å². The topological polar surface area (TPSA) is 64.2 Å². The van der Waals surface area contributed by atoms with Crippen molar-refractivity contribution < 1.29 is 14.3 Å². The molecule has 3 rings (SSSR count). The van der Waals surface area contributed by atoms with E-state index in [1.54, 1.807) is 37.7 Å². The molecule has 0 radical (unpaired) electrons. The molecule has 0 aliphatic carbocycles. The van der Waals surface area contributed by atoms with Gasteiger partial charge in [0.15, 0.2) is 0 Å². The number of aromatic amines is 1. The molecule has 1 N–H and O–H groups in total. The monoisotopic (exact) mass is 294 g/mol. The van der Waals surface area contributed by atoms with Crippen LogP contribution in [0.4, 0.5) is 0 Å². The number of carbonyl (C=O) groups is 1. The second-order valence-corrected chi connectivity index (χ2v) is 4.61. The van der Waals surface area contributed by atoms with Gasteiger partial charge in [0.25, 0.3) is 0 Å². The van der Waals surface area contributed by atoms with Crippen LogP contribution in [-0.2, 0) is 4.79 Å². The van der Waals surface area contributed by atoms with Gasteiger partial charge in [0.1, 0.15) is 11.5 Å². The standard InChI is InChI=1S/C17H14N2O3/c1-21-13-4-2-3-12(9-13)5-8-17(20)22-14-6-7-15-16(10-14)19-11-18-15/h2-11H,1H3,(H,18,19)/b8-5+. The maximum atomic E-state index is 11.8. The minimum absolute atomic E-state index is 0.443. The van der Waals surface area contributed by atoms with Crippen LogP contribution in [0.2, 0.25) is 0 Å². The Labute approximate surface area is 127 Å². The summed E-state index contributed by atoms with van der Waals surface area (Å²) < 4.78 is 10.4. The van der Waals surface area contributed by atoms with Gasteiger partial charge in [0.05, 0.1) is 24.5 Å². The SMILES string of the molecule is COc1cccc(/C=C/C(=O)Oc2ccc3nc[nH]c3c2)c1. The van der Waals surface area contributed by atoms with Gasteiger partial charge in [-0.05, 0) is 35.9 Å². The van der Waals surface area contributed by atoms with Gasteiger partial charge in [-0.25, -0.2) is 9.78 Å².